The van der Waals surface area contributed by atoms with Crippen molar-refractivity contribution in [2.24, 2.45) is 0 Å². The van der Waals surface area contributed by atoms with E-state index in [1.807, 2.05) is 13.0 Å². The number of carbonyl (C=O) groups is 2. The highest BCUT2D eigenvalue weighted by molar-refractivity contribution is 6.35. The minimum Gasteiger partial charge on any atom is -0.486 e. The van der Waals surface area contributed by atoms with Crippen molar-refractivity contribution in [3.63, 3.8) is 0 Å². The summed E-state index contributed by atoms with van der Waals surface area (Å²) in [5, 5.41) is 1.40. The van der Waals surface area contributed by atoms with Gasteiger partial charge in [0, 0.05) is 36.0 Å². The summed E-state index contributed by atoms with van der Waals surface area (Å²) in [4.78, 5) is 27.3. The zero-order chi connectivity index (χ0) is 20.1. The largest absolute Gasteiger partial charge is 0.486 e. The lowest BCUT2D eigenvalue weighted by atomic mass is 9.82. The van der Waals surface area contributed by atoms with Gasteiger partial charge in [-0.3, -0.25) is 9.59 Å². The Morgan fingerprint density at radius 3 is 2.50 bits per heavy atom. The smallest absolute Gasteiger partial charge is 0.255 e. The Morgan fingerprint density at radius 1 is 1.07 bits per heavy atom. The predicted molar refractivity (Wildman–Crippen MR) is 110 cm³/mol. The standard InChI is InChI=1S/C21H18Cl3NO3/c1-12-8-19-15(10-17(12)24)18(26)11-21(28-19)4-6-25(7-5-21)20(27)14-9-13(22)2-3-16(14)23/h2-3,8-10H,4-7,11H2,1H3. The fourth-order valence-electron chi connectivity index (χ4n) is 3.84. The lowest BCUT2D eigenvalue weighted by molar-refractivity contribution is -0.00572. The molecular formula is C21H18Cl3NO3. The van der Waals surface area contributed by atoms with E-state index in [1.54, 1.807) is 29.2 Å². The average Bonchev–Trinajstić information content (AvgIpc) is 2.65. The minimum atomic E-state index is -0.584. The molecule has 146 valence electrons. The lowest BCUT2D eigenvalue weighted by Gasteiger charge is -2.44. The molecule has 2 heterocycles. The van der Waals surface area contributed by atoms with Crippen LogP contribution in [0.15, 0.2) is 30.3 Å². The van der Waals surface area contributed by atoms with E-state index in [9.17, 15) is 9.59 Å². The van der Waals surface area contributed by atoms with Crippen LogP contribution in [0.2, 0.25) is 15.1 Å². The summed E-state index contributed by atoms with van der Waals surface area (Å²) in [6, 6.07) is 8.36. The summed E-state index contributed by atoms with van der Waals surface area (Å²) in [7, 11) is 0. The van der Waals surface area contributed by atoms with E-state index in [0.29, 0.717) is 64.3 Å². The van der Waals surface area contributed by atoms with Crippen LogP contribution in [0.25, 0.3) is 0 Å². The molecule has 1 saturated heterocycles. The van der Waals surface area contributed by atoms with Gasteiger partial charge >= 0.3 is 0 Å². The van der Waals surface area contributed by atoms with Crippen LogP contribution in [0.4, 0.5) is 0 Å². The summed E-state index contributed by atoms with van der Waals surface area (Å²) in [6.07, 6.45) is 1.44. The van der Waals surface area contributed by atoms with Crippen molar-refractivity contribution in [3.05, 3.63) is 62.1 Å². The van der Waals surface area contributed by atoms with Crippen molar-refractivity contribution in [2.75, 3.05) is 13.1 Å². The molecule has 0 saturated carbocycles. The number of likely N-dealkylation sites (tertiary alicyclic amines) is 1. The highest BCUT2D eigenvalue weighted by Gasteiger charge is 2.44. The van der Waals surface area contributed by atoms with Gasteiger partial charge < -0.3 is 9.64 Å². The fourth-order valence-corrected chi connectivity index (χ4v) is 4.38. The number of fused-ring (bicyclic) bond motifs is 1. The molecule has 0 aromatic heterocycles. The highest BCUT2D eigenvalue weighted by atomic mass is 35.5. The third-order valence-corrected chi connectivity index (χ3v) is 6.46. The average molecular weight is 439 g/mol. The number of nitrogens with zero attached hydrogens (tertiary/aromatic N) is 1. The number of hydrogen-bond donors (Lipinski definition) is 0. The maximum atomic E-state index is 12.8. The van der Waals surface area contributed by atoms with Gasteiger partial charge in [0.25, 0.3) is 5.91 Å². The van der Waals surface area contributed by atoms with Crippen LogP contribution >= 0.6 is 34.8 Å². The van der Waals surface area contributed by atoms with Crippen LogP contribution in [0.1, 0.15) is 45.5 Å². The van der Waals surface area contributed by atoms with E-state index in [0.717, 1.165) is 5.56 Å². The molecule has 1 amide bonds. The lowest BCUT2D eigenvalue weighted by Crippen LogP contribution is -2.52. The van der Waals surface area contributed by atoms with Crippen LogP contribution in [0.3, 0.4) is 0 Å². The molecule has 2 aliphatic rings. The van der Waals surface area contributed by atoms with Gasteiger partial charge in [0.05, 0.1) is 22.6 Å². The van der Waals surface area contributed by atoms with E-state index in [4.69, 9.17) is 39.5 Å². The molecular weight excluding hydrogens is 421 g/mol. The number of ether oxygens (including phenoxy) is 1. The molecule has 0 aliphatic carbocycles. The molecule has 0 unspecified atom stereocenters. The molecule has 7 heteroatoms. The maximum Gasteiger partial charge on any atom is 0.255 e. The summed E-state index contributed by atoms with van der Waals surface area (Å²) >= 11 is 18.3. The Hall–Kier alpha value is -1.75. The molecule has 1 fully saturated rings. The Balaban J connectivity index is 1.52. The first kappa shape index (κ1) is 19.6. The van der Waals surface area contributed by atoms with E-state index in [1.165, 1.54) is 0 Å². The molecule has 28 heavy (non-hydrogen) atoms. The van der Waals surface area contributed by atoms with Gasteiger partial charge in [-0.15, -0.1) is 0 Å². The third-order valence-electron chi connectivity index (χ3n) is 5.49. The van der Waals surface area contributed by atoms with E-state index >= 15 is 0 Å². The van der Waals surface area contributed by atoms with Crippen molar-refractivity contribution >= 4 is 46.5 Å². The van der Waals surface area contributed by atoms with Crippen molar-refractivity contribution in [1.29, 1.82) is 0 Å². The first-order valence-electron chi connectivity index (χ1n) is 9.05. The third kappa shape index (κ3) is 3.49. The van der Waals surface area contributed by atoms with E-state index in [2.05, 4.69) is 0 Å². The molecule has 2 aromatic carbocycles. The molecule has 2 aliphatic heterocycles. The van der Waals surface area contributed by atoms with Gasteiger partial charge in [-0.1, -0.05) is 34.8 Å². The number of amides is 1. The SMILES string of the molecule is Cc1cc2c(cc1Cl)C(=O)CC1(CCN(C(=O)c3cc(Cl)ccc3Cl)CC1)O2. The molecule has 1 spiro atoms. The maximum absolute atomic E-state index is 12.8. The number of benzene rings is 2. The number of ketones is 1. The van der Waals surface area contributed by atoms with Gasteiger partial charge in [0.2, 0.25) is 0 Å². The molecule has 4 rings (SSSR count). The quantitative estimate of drug-likeness (QED) is 0.582. The number of aryl methyl sites for hydroxylation is 1. The van der Waals surface area contributed by atoms with Crippen LogP contribution in [-0.4, -0.2) is 35.3 Å². The Bertz CT molecular complexity index is 981. The Labute approximate surface area is 178 Å². The number of piperidine rings is 1. The highest BCUT2D eigenvalue weighted by Crippen LogP contribution is 2.41. The zero-order valence-electron chi connectivity index (χ0n) is 15.2. The second-order valence-electron chi connectivity index (χ2n) is 7.40. The molecule has 0 radical (unpaired) electrons. The van der Waals surface area contributed by atoms with Crippen LogP contribution in [0.5, 0.6) is 5.75 Å². The fraction of sp³-hybridized carbons (Fsp3) is 0.333. The van der Waals surface area contributed by atoms with Crippen molar-refractivity contribution in [1.82, 2.24) is 4.90 Å². The van der Waals surface area contributed by atoms with Gasteiger partial charge in [-0.2, -0.15) is 0 Å². The second kappa shape index (κ2) is 7.25. The number of hydrogen-bond acceptors (Lipinski definition) is 3. The molecule has 4 nitrogen and oxygen atoms in total. The van der Waals surface area contributed by atoms with Crippen molar-refractivity contribution in [2.45, 2.75) is 31.8 Å². The topological polar surface area (TPSA) is 46.6 Å². The summed E-state index contributed by atoms with van der Waals surface area (Å²) < 4.78 is 6.28. The van der Waals surface area contributed by atoms with Crippen LogP contribution < -0.4 is 4.74 Å². The van der Waals surface area contributed by atoms with Gasteiger partial charge in [0.15, 0.2) is 5.78 Å². The number of rotatable bonds is 1. The van der Waals surface area contributed by atoms with Gasteiger partial charge in [-0.05, 0) is 42.8 Å². The van der Waals surface area contributed by atoms with E-state index < -0.39 is 5.60 Å². The summed E-state index contributed by atoms with van der Waals surface area (Å²) in [5.41, 5.74) is 1.21. The number of halogens is 3. The molecule has 2 aromatic rings. The zero-order valence-corrected chi connectivity index (χ0v) is 17.5. The molecule has 0 bridgehead atoms. The van der Waals surface area contributed by atoms with Crippen LogP contribution in [0, 0.1) is 6.92 Å². The molecule has 0 N–H and O–H groups in total. The monoisotopic (exact) mass is 437 g/mol. The number of carbonyl (C=O) groups excluding carboxylic acids is 2. The van der Waals surface area contributed by atoms with Crippen molar-refractivity contribution < 1.29 is 14.3 Å². The first-order valence-corrected chi connectivity index (χ1v) is 10.2. The first-order chi connectivity index (χ1) is 13.3. The van der Waals surface area contributed by atoms with E-state index in [-0.39, 0.29) is 11.7 Å². The minimum absolute atomic E-state index is 0.0285. The Kier molecular flexibility index (Phi) is 5.07. The van der Waals surface area contributed by atoms with Crippen molar-refractivity contribution in [3.8, 4) is 5.75 Å². The predicted octanol–water partition coefficient (Wildman–Crippen LogP) is 5.60. The summed E-state index contributed by atoms with van der Waals surface area (Å²) in [5.74, 6) is 0.448. The summed E-state index contributed by atoms with van der Waals surface area (Å²) in [6.45, 7) is 2.85. The van der Waals surface area contributed by atoms with Crippen LogP contribution in [-0.2, 0) is 0 Å². The van der Waals surface area contributed by atoms with Gasteiger partial charge in [0.1, 0.15) is 11.4 Å². The van der Waals surface area contributed by atoms with Gasteiger partial charge in [-0.25, -0.2) is 0 Å². The normalized spacial score (nSPS) is 18.0. The Morgan fingerprint density at radius 2 is 1.79 bits per heavy atom. The number of Topliss-reactive ketones (excluding diaryl/α,β-unsaturated/α-hetero) is 1. The molecule has 0 atom stereocenters. The second-order valence-corrected chi connectivity index (χ2v) is 8.65.